The molecule has 1 aliphatic rings. The van der Waals surface area contributed by atoms with Gasteiger partial charge in [-0.2, -0.15) is 0 Å². The van der Waals surface area contributed by atoms with Gasteiger partial charge in [0, 0.05) is 33.6 Å². The van der Waals surface area contributed by atoms with E-state index in [1.54, 1.807) is 23.5 Å². The quantitative estimate of drug-likeness (QED) is 0.643. The van der Waals surface area contributed by atoms with Gasteiger partial charge in [0.05, 0.1) is 4.90 Å². The lowest BCUT2D eigenvalue weighted by molar-refractivity contribution is 0.502. The van der Waals surface area contributed by atoms with Gasteiger partial charge in [-0.05, 0) is 55.0 Å². The molecular weight excluding hydrogens is 364 g/mol. The Morgan fingerprint density at radius 3 is 2.35 bits per heavy atom. The largest absolute Gasteiger partial charge is 0.456 e. The van der Waals surface area contributed by atoms with Gasteiger partial charge in [-0.15, -0.1) is 11.3 Å². The van der Waals surface area contributed by atoms with E-state index >= 15 is 0 Å². The number of hydrogen-bond donors (Lipinski definition) is 0. The smallest absolute Gasteiger partial charge is 0.175 e. The molecule has 3 nitrogen and oxygen atoms in total. The van der Waals surface area contributed by atoms with Gasteiger partial charge in [-0.25, -0.2) is 8.42 Å². The molecule has 0 atom stereocenters. The molecule has 0 saturated carbocycles. The third-order valence-electron chi connectivity index (χ3n) is 4.41. The van der Waals surface area contributed by atoms with Crippen molar-refractivity contribution in [2.45, 2.75) is 18.2 Å². The molecule has 0 amide bonds. The van der Waals surface area contributed by atoms with Crippen molar-refractivity contribution < 1.29 is 13.2 Å². The fourth-order valence-corrected chi connectivity index (χ4v) is 4.61. The number of thiophene rings is 1. The first-order valence-electron chi connectivity index (χ1n) is 8.28. The Bertz CT molecular complexity index is 1100. The van der Waals surface area contributed by atoms with Crippen LogP contribution in [0.3, 0.4) is 0 Å². The third kappa shape index (κ3) is 3.20. The van der Waals surface area contributed by atoms with Crippen LogP contribution in [-0.4, -0.2) is 14.7 Å². The maximum atomic E-state index is 11.7. The first-order chi connectivity index (χ1) is 12.4. The Labute approximate surface area is 157 Å². The number of para-hydroxylation sites is 1. The first kappa shape index (κ1) is 17.1. The minimum absolute atomic E-state index is 0.312. The molecule has 1 aliphatic heterocycles. The van der Waals surface area contributed by atoms with Gasteiger partial charge in [0.2, 0.25) is 0 Å². The zero-order valence-corrected chi connectivity index (χ0v) is 16.2. The Morgan fingerprint density at radius 2 is 1.69 bits per heavy atom. The lowest BCUT2D eigenvalue weighted by Gasteiger charge is -2.23. The van der Waals surface area contributed by atoms with E-state index in [2.05, 4.69) is 25.1 Å². The third-order valence-corrected chi connectivity index (χ3v) is 6.60. The van der Waals surface area contributed by atoms with E-state index < -0.39 is 9.84 Å². The molecule has 0 unspecified atom stereocenters. The number of aryl methyl sites for hydroxylation is 1. The van der Waals surface area contributed by atoms with Crippen molar-refractivity contribution in [3.8, 4) is 5.75 Å². The van der Waals surface area contributed by atoms with Crippen LogP contribution in [0.4, 0.5) is 0 Å². The van der Waals surface area contributed by atoms with Crippen LogP contribution in [0.15, 0.2) is 65.6 Å². The predicted octanol–water partition coefficient (Wildman–Crippen LogP) is 4.96. The van der Waals surface area contributed by atoms with Crippen molar-refractivity contribution in [3.05, 3.63) is 81.5 Å². The second-order valence-corrected chi connectivity index (χ2v) is 9.70. The van der Waals surface area contributed by atoms with Gasteiger partial charge in [0.1, 0.15) is 11.5 Å². The summed E-state index contributed by atoms with van der Waals surface area (Å²) >= 11 is 1.74. The Hall–Kier alpha value is -2.37. The zero-order valence-electron chi connectivity index (χ0n) is 14.5. The highest BCUT2D eigenvalue weighted by Crippen LogP contribution is 2.40. The number of sulfone groups is 1. The summed E-state index contributed by atoms with van der Waals surface area (Å²) in [7, 11) is -3.22. The lowest BCUT2D eigenvalue weighted by atomic mass is 9.96. The minimum atomic E-state index is -3.22. The molecule has 132 valence electrons. The molecule has 3 aromatic rings. The fraction of sp³-hybridized carbons (Fsp3) is 0.143. The van der Waals surface area contributed by atoms with Crippen molar-refractivity contribution in [2.24, 2.45) is 0 Å². The van der Waals surface area contributed by atoms with E-state index in [1.165, 1.54) is 16.0 Å². The van der Waals surface area contributed by atoms with E-state index in [0.717, 1.165) is 34.6 Å². The number of fused-ring (bicyclic) bond motifs is 1. The van der Waals surface area contributed by atoms with Crippen molar-refractivity contribution in [3.63, 3.8) is 0 Å². The SMILES string of the molecule is Cc1ccc(C2=C(c3ccc(S(C)(=O)=O)cc3)Oc3ccccc3C2)s1. The normalized spacial score (nSPS) is 14.1. The second kappa shape index (κ2) is 6.41. The number of rotatable bonds is 3. The Kier molecular flexibility index (Phi) is 4.21. The summed E-state index contributed by atoms with van der Waals surface area (Å²) in [4.78, 5) is 2.74. The first-order valence-corrected chi connectivity index (χ1v) is 11.0. The van der Waals surface area contributed by atoms with Crippen molar-refractivity contribution in [1.29, 1.82) is 0 Å². The molecule has 0 fully saturated rings. The summed E-state index contributed by atoms with van der Waals surface area (Å²) in [6.07, 6.45) is 2.01. The summed E-state index contributed by atoms with van der Waals surface area (Å²) in [5.74, 6) is 1.65. The van der Waals surface area contributed by atoms with Crippen LogP contribution >= 0.6 is 11.3 Å². The maximum absolute atomic E-state index is 11.7. The summed E-state index contributed by atoms with van der Waals surface area (Å²) in [5, 5.41) is 0. The van der Waals surface area contributed by atoms with Crippen LogP contribution in [0.5, 0.6) is 5.75 Å². The van der Waals surface area contributed by atoms with Crippen LogP contribution in [0.2, 0.25) is 0 Å². The summed E-state index contributed by atoms with van der Waals surface area (Å²) < 4.78 is 29.7. The van der Waals surface area contributed by atoms with Crippen molar-refractivity contribution >= 4 is 32.5 Å². The molecule has 0 bridgehead atoms. The van der Waals surface area contributed by atoms with Gasteiger partial charge in [0.15, 0.2) is 9.84 Å². The van der Waals surface area contributed by atoms with Crippen LogP contribution in [-0.2, 0) is 16.3 Å². The van der Waals surface area contributed by atoms with Gasteiger partial charge in [0.25, 0.3) is 0 Å². The lowest BCUT2D eigenvalue weighted by Crippen LogP contribution is -2.09. The minimum Gasteiger partial charge on any atom is -0.456 e. The average molecular weight is 383 g/mol. The van der Waals surface area contributed by atoms with Crippen LogP contribution in [0, 0.1) is 6.92 Å². The number of allylic oxidation sites excluding steroid dienone is 1. The molecule has 0 N–H and O–H groups in total. The van der Waals surface area contributed by atoms with Gasteiger partial charge in [-0.3, -0.25) is 0 Å². The number of ether oxygens (including phenoxy) is 1. The molecule has 2 aromatic carbocycles. The average Bonchev–Trinajstić information content (AvgIpc) is 3.06. The van der Waals surface area contributed by atoms with Gasteiger partial charge < -0.3 is 4.74 Å². The molecule has 1 aromatic heterocycles. The highest BCUT2D eigenvalue weighted by Gasteiger charge is 2.23. The predicted molar refractivity (Wildman–Crippen MR) is 106 cm³/mol. The summed E-state index contributed by atoms with van der Waals surface area (Å²) in [6.45, 7) is 2.09. The topological polar surface area (TPSA) is 43.4 Å². The van der Waals surface area contributed by atoms with Crippen molar-refractivity contribution in [1.82, 2.24) is 0 Å². The van der Waals surface area contributed by atoms with E-state index in [-0.39, 0.29) is 0 Å². The molecule has 2 heterocycles. The standard InChI is InChI=1S/C21H18O3S2/c1-14-7-12-20(25-14)18-13-16-5-3-4-6-19(16)24-21(18)15-8-10-17(11-9-15)26(2,22)23/h3-12H,13H2,1-2H3. The molecule has 0 radical (unpaired) electrons. The Morgan fingerprint density at radius 1 is 0.962 bits per heavy atom. The van der Waals surface area contributed by atoms with E-state index in [0.29, 0.717) is 4.90 Å². The van der Waals surface area contributed by atoms with Crippen molar-refractivity contribution in [2.75, 3.05) is 6.26 Å². The monoisotopic (exact) mass is 382 g/mol. The van der Waals surface area contributed by atoms with Crippen LogP contribution in [0.1, 0.15) is 20.9 Å². The molecule has 0 spiro atoms. The Balaban J connectivity index is 1.85. The van der Waals surface area contributed by atoms with Crippen LogP contribution in [0.25, 0.3) is 11.3 Å². The summed E-state index contributed by atoms with van der Waals surface area (Å²) in [6, 6.07) is 19.2. The van der Waals surface area contributed by atoms with E-state index in [9.17, 15) is 8.42 Å². The maximum Gasteiger partial charge on any atom is 0.175 e. The molecule has 0 aliphatic carbocycles. The second-order valence-electron chi connectivity index (χ2n) is 6.40. The molecule has 26 heavy (non-hydrogen) atoms. The van der Waals surface area contributed by atoms with E-state index in [4.69, 9.17) is 4.74 Å². The van der Waals surface area contributed by atoms with Crippen LogP contribution < -0.4 is 4.74 Å². The number of hydrogen-bond acceptors (Lipinski definition) is 4. The molecule has 4 rings (SSSR count). The summed E-state index contributed by atoms with van der Waals surface area (Å²) in [5.41, 5.74) is 3.17. The zero-order chi connectivity index (χ0) is 18.3. The van der Waals surface area contributed by atoms with Gasteiger partial charge in [-0.1, -0.05) is 18.2 Å². The highest BCUT2D eigenvalue weighted by atomic mass is 32.2. The highest BCUT2D eigenvalue weighted by molar-refractivity contribution is 7.90. The molecular formula is C21H18O3S2. The van der Waals surface area contributed by atoms with E-state index in [1.807, 2.05) is 30.3 Å². The van der Waals surface area contributed by atoms with Gasteiger partial charge >= 0.3 is 0 Å². The number of benzene rings is 2. The molecule has 5 heteroatoms. The fourth-order valence-electron chi connectivity index (χ4n) is 3.07. The molecule has 0 saturated heterocycles.